The second-order valence-electron chi connectivity index (χ2n) is 3.69. The van der Waals surface area contributed by atoms with Crippen LogP contribution >= 0.6 is 35.4 Å². The van der Waals surface area contributed by atoms with Crippen LogP contribution in [0, 0.1) is 0 Å². The summed E-state index contributed by atoms with van der Waals surface area (Å²) >= 11 is 17.0. The number of anilines is 2. The molecule has 3 N–H and O–H groups in total. The topological polar surface area (TPSA) is 38.0 Å². The number of benzene rings is 2. The maximum absolute atomic E-state index is 6.15. The minimum absolute atomic E-state index is 0.325. The van der Waals surface area contributed by atoms with Crippen molar-refractivity contribution in [2.75, 3.05) is 5.32 Å². The molecule has 18 heavy (non-hydrogen) atoms. The minimum Gasteiger partial charge on any atom is -0.389 e. The van der Waals surface area contributed by atoms with Crippen molar-refractivity contribution in [3.63, 3.8) is 0 Å². The molecule has 0 aliphatic carbocycles. The normalized spacial score (nSPS) is 10.1. The first-order valence-corrected chi connectivity index (χ1v) is 6.34. The van der Waals surface area contributed by atoms with Crippen molar-refractivity contribution in [3.05, 3.63) is 58.1 Å². The molecular formula is C13H10Cl2N2S. The van der Waals surface area contributed by atoms with Crippen molar-refractivity contribution in [1.82, 2.24) is 0 Å². The largest absolute Gasteiger partial charge is 0.389 e. The Morgan fingerprint density at radius 2 is 1.89 bits per heavy atom. The molecule has 2 rings (SSSR count). The van der Waals surface area contributed by atoms with Crippen molar-refractivity contribution in [3.8, 4) is 0 Å². The standard InChI is InChI=1S/C13H10Cl2N2S/c14-9-2-1-3-10(7-9)17-12-5-4-8(13(16)18)6-11(12)15/h1-7,17H,(H2,16,18). The predicted molar refractivity (Wildman–Crippen MR) is 82.1 cm³/mol. The summed E-state index contributed by atoms with van der Waals surface area (Å²) in [5.41, 5.74) is 7.93. The molecule has 0 fully saturated rings. The highest BCUT2D eigenvalue weighted by Gasteiger charge is 2.04. The summed E-state index contributed by atoms with van der Waals surface area (Å²) in [4.78, 5) is 0.325. The van der Waals surface area contributed by atoms with E-state index in [1.54, 1.807) is 6.07 Å². The molecular weight excluding hydrogens is 287 g/mol. The molecule has 92 valence electrons. The van der Waals surface area contributed by atoms with Crippen LogP contribution in [0.2, 0.25) is 10.0 Å². The van der Waals surface area contributed by atoms with Crippen LogP contribution in [0.4, 0.5) is 11.4 Å². The third-order valence-electron chi connectivity index (χ3n) is 2.36. The Kier molecular flexibility index (Phi) is 4.07. The summed E-state index contributed by atoms with van der Waals surface area (Å²) in [5, 5.41) is 4.40. The van der Waals surface area contributed by atoms with Crippen LogP contribution in [0.5, 0.6) is 0 Å². The molecule has 0 heterocycles. The van der Waals surface area contributed by atoms with E-state index in [1.165, 1.54) is 0 Å². The minimum atomic E-state index is 0.325. The molecule has 0 aliphatic heterocycles. The first-order valence-electron chi connectivity index (χ1n) is 5.18. The summed E-state index contributed by atoms with van der Waals surface area (Å²) < 4.78 is 0. The Bertz CT molecular complexity index is 599. The van der Waals surface area contributed by atoms with Crippen LogP contribution < -0.4 is 11.1 Å². The molecule has 0 atom stereocenters. The van der Waals surface area contributed by atoms with E-state index >= 15 is 0 Å². The lowest BCUT2D eigenvalue weighted by Gasteiger charge is -2.10. The fourth-order valence-electron chi connectivity index (χ4n) is 1.49. The molecule has 0 unspecified atom stereocenters. The van der Waals surface area contributed by atoms with Crippen molar-refractivity contribution in [1.29, 1.82) is 0 Å². The molecule has 0 aliphatic rings. The summed E-state index contributed by atoms with van der Waals surface area (Å²) in [6.07, 6.45) is 0. The van der Waals surface area contributed by atoms with Gasteiger partial charge >= 0.3 is 0 Å². The SMILES string of the molecule is NC(=S)c1ccc(Nc2cccc(Cl)c2)c(Cl)c1. The van der Waals surface area contributed by atoms with Crippen molar-refractivity contribution in [2.45, 2.75) is 0 Å². The van der Waals surface area contributed by atoms with Crippen LogP contribution in [0.3, 0.4) is 0 Å². The molecule has 0 saturated carbocycles. The molecule has 0 spiro atoms. The van der Waals surface area contributed by atoms with E-state index in [1.807, 2.05) is 36.4 Å². The summed E-state index contributed by atoms with van der Waals surface area (Å²) in [6, 6.07) is 12.8. The Hall–Kier alpha value is -1.29. The molecule has 2 nitrogen and oxygen atoms in total. The van der Waals surface area contributed by atoms with Crippen LogP contribution in [-0.2, 0) is 0 Å². The fourth-order valence-corrected chi connectivity index (χ4v) is 2.04. The molecule has 0 saturated heterocycles. The number of nitrogens with one attached hydrogen (secondary N) is 1. The highest BCUT2D eigenvalue weighted by Crippen LogP contribution is 2.27. The van der Waals surface area contributed by atoms with Crippen LogP contribution in [0.1, 0.15) is 5.56 Å². The van der Waals surface area contributed by atoms with Gasteiger partial charge in [0.25, 0.3) is 0 Å². The second kappa shape index (κ2) is 5.57. The van der Waals surface area contributed by atoms with Crippen LogP contribution in [0.15, 0.2) is 42.5 Å². The van der Waals surface area contributed by atoms with Gasteiger partial charge in [-0.05, 0) is 36.4 Å². The van der Waals surface area contributed by atoms with Crippen molar-refractivity contribution < 1.29 is 0 Å². The van der Waals surface area contributed by atoms with Gasteiger partial charge < -0.3 is 11.1 Å². The molecule has 0 aromatic heterocycles. The summed E-state index contributed by atoms with van der Waals surface area (Å²) in [5.74, 6) is 0. The number of hydrogen-bond donors (Lipinski definition) is 2. The van der Waals surface area contributed by atoms with Gasteiger partial charge in [0, 0.05) is 16.3 Å². The van der Waals surface area contributed by atoms with Gasteiger partial charge in [0.05, 0.1) is 10.7 Å². The smallest absolute Gasteiger partial charge is 0.104 e. The van der Waals surface area contributed by atoms with Gasteiger partial charge in [-0.15, -0.1) is 0 Å². The third kappa shape index (κ3) is 3.13. The van der Waals surface area contributed by atoms with Crippen molar-refractivity contribution in [2.24, 2.45) is 5.73 Å². The number of hydrogen-bond acceptors (Lipinski definition) is 2. The zero-order chi connectivity index (χ0) is 13.1. The quantitative estimate of drug-likeness (QED) is 0.826. The summed E-state index contributed by atoms with van der Waals surface area (Å²) in [7, 11) is 0. The molecule has 5 heteroatoms. The maximum atomic E-state index is 6.15. The zero-order valence-corrected chi connectivity index (χ0v) is 11.6. The highest BCUT2D eigenvalue weighted by molar-refractivity contribution is 7.80. The lowest BCUT2D eigenvalue weighted by molar-refractivity contribution is 1.53. The summed E-state index contributed by atoms with van der Waals surface area (Å²) in [6.45, 7) is 0. The molecule has 0 amide bonds. The third-order valence-corrected chi connectivity index (χ3v) is 3.14. The fraction of sp³-hybridized carbons (Fsp3) is 0. The monoisotopic (exact) mass is 296 g/mol. The van der Waals surface area contributed by atoms with E-state index in [0.717, 1.165) is 16.9 Å². The van der Waals surface area contributed by atoms with E-state index in [2.05, 4.69) is 5.32 Å². The van der Waals surface area contributed by atoms with E-state index in [9.17, 15) is 0 Å². The van der Waals surface area contributed by atoms with E-state index in [0.29, 0.717) is 15.0 Å². The zero-order valence-electron chi connectivity index (χ0n) is 9.28. The van der Waals surface area contributed by atoms with Gasteiger partial charge in [0.1, 0.15) is 4.99 Å². The van der Waals surface area contributed by atoms with Crippen LogP contribution in [0.25, 0.3) is 0 Å². The first-order chi connectivity index (χ1) is 8.56. The highest BCUT2D eigenvalue weighted by atomic mass is 35.5. The maximum Gasteiger partial charge on any atom is 0.104 e. The Labute approximate surface area is 121 Å². The Balaban J connectivity index is 2.27. The Morgan fingerprint density at radius 3 is 2.50 bits per heavy atom. The van der Waals surface area contributed by atoms with E-state index in [4.69, 9.17) is 41.2 Å². The van der Waals surface area contributed by atoms with E-state index in [-0.39, 0.29) is 0 Å². The van der Waals surface area contributed by atoms with Gasteiger partial charge in [0.2, 0.25) is 0 Å². The first kappa shape index (κ1) is 13.1. The van der Waals surface area contributed by atoms with Gasteiger partial charge in [-0.3, -0.25) is 0 Å². The average molecular weight is 297 g/mol. The molecule has 0 bridgehead atoms. The van der Waals surface area contributed by atoms with Crippen LogP contribution in [-0.4, -0.2) is 4.99 Å². The van der Waals surface area contributed by atoms with Crippen molar-refractivity contribution >= 4 is 51.8 Å². The average Bonchev–Trinajstić information content (AvgIpc) is 2.31. The lowest BCUT2D eigenvalue weighted by atomic mass is 10.2. The van der Waals surface area contributed by atoms with Gasteiger partial charge in [-0.25, -0.2) is 0 Å². The Morgan fingerprint density at radius 1 is 1.11 bits per heavy atom. The number of halogens is 2. The number of nitrogens with two attached hydrogens (primary N) is 1. The van der Waals surface area contributed by atoms with Gasteiger partial charge in [0.15, 0.2) is 0 Å². The molecule has 2 aromatic carbocycles. The van der Waals surface area contributed by atoms with Gasteiger partial charge in [-0.1, -0.05) is 41.5 Å². The molecule has 0 radical (unpaired) electrons. The molecule has 2 aromatic rings. The van der Waals surface area contributed by atoms with Gasteiger partial charge in [-0.2, -0.15) is 0 Å². The second-order valence-corrected chi connectivity index (χ2v) is 4.98. The lowest BCUT2D eigenvalue weighted by Crippen LogP contribution is -2.09. The number of thiocarbonyl (C=S) groups is 1. The predicted octanol–water partition coefficient (Wildman–Crippen LogP) is 4.37. The van der Waals surface area contributed by atoms with E-state index < -0.39 is 0 Å². The number of rotatable bonds is 3.